The van der Waals surface area contributed by atoms with Crippen LogP contribution in [0.5, 0.6) is 0 Å². The van der Waals surface area contributed by atoms with E-state index in [1.807, 2.05) is 11.8 Å². The van der Waals surface area contributed by atoms with Gasteiger partial charge in [0.05, 0.1) is 6.10 Å². The summed E-state index contributed by atoms with van der Waals surface area (Å²) in [6, 6.07) is 9.68. The molecule has 4 aliphatic rings. The van der Waals surface area contributed by atoms with E-state index in [0.29, 0.717) is 17.4 Å². The van der Waals surface area contributed by atoms with Crippen molar-refractivity contribution in [3.8, 4) is 0 Å². The Bertz CT molecular complexity index is 927. The van der Waals surface area contributed by atoms with Crippen molar-refractivity contribution >= 4 is 11.8 Å². The maximum Gasteiger partial charge on any atom is 0.123 e. The van der Waals surface area contributed by atoms with Crippen molar-refractivity contribution in [1.82, 2.24) is 15.8 Å². The first kappa shape index (κ1) is 30.6. The number of rotatable bonds is 7. The minimum Gasteiger partial charge on any atom is -0.376 e. The molecule has 0 bridgehead atoms. The maximum atomic E-state index is 6.76. The van der Waals surface area contributed by atoms with Crippen molar-refractivity contribution in [2.75, 3.05) is 18.9 Å². The molecule has 0 radical (unpaired) electrons. The van der Waals surface area contributed by atoms with Gasteiger partial charge in [-0.05, 0) is 54.6 Å². The molecule has 5 heteroatoms. The molecular weight excluding hydrogens is 510 g/mol. The molecule has 40 heavy (non-hydrogen) atoms. The van der Waals surface area contributed by atoms with Crippen molar-refractivity contribution in [2.45, 2.75) is 140 Å². The molecule has 1 spiro atoms. The van der Waals surface area contributed by atoms with Crippen molar-refractivity contribution < 1.29 is 4.74 Å². The highest BCUT2D eigenvalue weighted by Gasteiger charge is 2.55. The third-order valence-electron chi connectivity index (χ3n) is 10.7. The summed E-state index contributed by atoms with van der Waals surface area (Å²) in [5.41, 5.74) is 11.1. The molecule has 3 unspecified atom stereocenters. The first-order valence-electron chi connectivity index (χ1n) is 16.6. The minimum atomic E-state index is -0.235. The summed E-state index contributed by atoms with van der Waals surface area (Å²) in [6.07, 6.45) is 22.6. The van der Waals surface area contributed by atoms with Gasteiger partial charge in [0.2, 0.25) is 0 Å². The van der Waals surface area contributed by atoms with Crippen molar-refractivity contribution in [3.63, 3.8) is 0 Å². The number of nitrogens with zero attached hydrogens (tertiary/aromatic N) is 1. The molecule has 2 heterocycles. The molecule has 0 aromatic heterocycles. The second-order valence-electron chi connectivity index (χ2n) is 14.3. The number of benzene rings is 1. The first-order valence-corrected chi connectivity index (χ1v) is 17.7. The van der Waals surface area contributed by atoms with E-state index in [0.717, 1.165) is 18.9 Å². The van der Waals surface area contributed by atoms with E-state index in [4.69, 9.17) is 4.74 Å². The van der Waals surface area contributed by atoms with Crippen molar-refractivity contribution in [2.24, 2.45) is 11.3 Å². The predicted molar refractivity (Wildman–Crippen MR) is 171 cm³/mol. The molecule has 2 saturated carbocycles. The molecule has 5 rings (SSSR count). The number of thioether (sulfide) groups is 1. The van der Waals surface area contributed by atoms with Gasteiger partial charge in [-0.15, -0.1) is 18.3 Å². The van der Waals surface area contributed by atoms with Gasteiger partial charge in [-0.3, -0.25) is 4.90 Å². The summed E-state index contributed by atoms with van der Waals surface area (Å²) in [5, 5.41) is 0. The van der Waals surface area contributed by atoms with Crippen molar-refractivity contribution in [1.29, 1.82) is 0 Å². The van der Waals surface area contributed by atoms with Crippen LogP contribution >= 0.6 is 11.8 Å². The lowest BCUT2D eigenvalue weighted by atomic mass is 9.70. The zero-order valence-electron chi connectivity index (χ0n) is 25.8. The van der Waals surface area contributed by atoms with Gasteiger partial charge in [-0.1, -0.05) is 115 Å². The Morgan fingerprint density at radius 2 is 1.55 bits per heavy atom. The molecule has 2 N–H and O–H groups in total. The smallest absolute Gasteiger partial charge is 0.123 e. The Kier molecular flexibility index (Phi) is 10.4. The van der Waals surface area contributed by atoms with Gasteiger partial charge < -0.3 is 4.74 Å². The van der Waals surface area contributed by atoms with E-state index in [2.05, 4.69) is 73.4 Å². The second kappa shape index (κ2) is 13.6. The van der Waals surface area contributed by atoms with E-state index in [9.17, 15) is 0 Å². The molecule has 4 fully saturated rings. The number of ether oxygens (including phenoxy) is 1. The summed E-state index contributed by atoms with van der Waals surface area (Å²) < 4.78 is 6.76. The maximum absolute atomic E-state index is 6.76. The van der Waals surface area contributed by atoms with Gasteiger partial charge in [0, 0.05) is 24.3 Å². The van der Waals surface area contributed by atoms with Gasteiger partial charge in [0.15, 0.2) is 0 Å². The largest absolute Gasteiger partial charge is 0.376 e. The molecule has 3 atom stereocenters. The monoisotopic (exact) mass is 567 g/mol. The molecular formula is C35H57N3OS. The van der Waals surface area contributed by atoms with Crippen LogP contribution in [-0.4, -0.2) is 35.4 Å². The Morgan fingerprint density at radius 3 is 2.17 bits per heavy atom. The number of hydrazine groups is 1. The summed E-state index contributed by atoms with van der Waals surface area (Å²) in [4.78, 5) is 2.83. The molecule has 4 nitrogen and oxygen atoms in total. The van der Waals surface area contributed by atoms with Crippen LogP contribution in [-0.2, 0) is 15.8 Å². The van der Waals surface area contributed by atoms with Crippen LogP contribution in [0.25, 0.3) is 0 Å². The Balaban J connectivity index is 1.54. The lowest BCUT2D eigenvalue weighted by Crippen LogP contribution is -2.58. The lowest BCUT2D eigenvalue weighted by molar-refractivity contribution is -0.0432. The normalized spacial score (nSPS) is 31.0. The topological polar surface area (TPSA) is 36.5 Å². The number of hydrogen-bond donors (Lipinski definition) is 2. The van der Waals surface area contributed by atoms with E-state index >= 15 is 0 Å². The third-order valence-corrected chi connectivity index (χ3v) is 11.8. The SMILES string of the molecule is C=CCSC1NNC(c2ccc(C(C)(C)C)cc2)(C2CCCCCCC2)N1CC1OCCC12CCCCCCC2. The molecule has 0 amide bonds. The number of nitrogens with one attached hydrogen (secondary N) is 2. The zero-order valence-corrected chi connectivity index (χ0v) is 26.6. The van der Waals surface area contributed by atoms with Crippen LogP contribution in [0.15, 0.2) is 36.9 Å². The Hall–Kier alpha value is -0.850. The molecule has 2 aliphatic carbocycles. The second-order valence-corrected chi connectivity index (χ2v) is 15.4. The molecule has 1 aromatic carbocycles. The van der Waals surface area contributed by atoms with Crippen LogP contribution in [0.1, 0.15) is 128 Å². The highest BCUT2D eigenvalue weighted by Crippen LogP contribution is 2.50. The predicted octanol–water partition coefficient (Wildman–Crippen LogP) is 8.63. The Labute approximate surface area is 249 Å². The summed E-state index contributed by atoms with van der Waals surface area (Å²) in [6.45, 7) is 13.0. The van der Waals surface area contributed by atoms with Crippen LogP contribution in [0.2, 0.25) is 0 Å². The Morgan fingerprint density at radius 1 is 0.925 bits per heavy atom. The molecule has 224 valence electrons. The van der Waals surface area contributed by atoms with Crippen LogP contribution < -0.4 is 10.9 Å². The fourth-order valence-corrected chi connectivity index (χ4v) is 9.19. The highest BCUT2D eigenvalue weighted by atomic mass is 32.2. The summed E-state index contributed by atoms with van der Waals surface area (Å²) in [5.74, 6) is 1.50. The first-order chi connectivity index (χ1) is 19.4. The van der Waals surface area contributed by atoms with Crippen LogP contribution in [0.4, 0.5) is 0 Å². The van der Waals surface area contributed by atoms with E-state index < -0.39 is 0 Å². The highest BCUT2D eigenvalue weighted by molar-refractivity contribution is 7.99. The average molecular weight is 568 g/mol. The summed E-state index contributed by atoms with van der Waals surface area (Å²) in [7, 11) is 0. The molecule has 2 aliphatic heterocycles. The van der Waals surface area contributed by atoms with Crippen LogP contribution in [0.3, 0.4) is 0 Å². The quantitative estimate of drug-likeness (QED) is 0.323. The van der Waals surface area contributed by atoms with Crippen molar-refractivity contribution in [3.05, 3.63) is 48.0 Å². The van der Waals surface area contributed by atoms with Gasteiger partial charge in [-0.25, -0.2) is 10.9 Å². The average Bonchev–Trinajstić information content (AvgIpc) is 3.47. The molecule has 1 aromatic rings. The minimum absolute atomic E-state index is 0.150. The summed E-state index contributed by atoms with van der Waals surface area (Å²) >= 11 is 1.97. The van der Waals surface area contributed by atoms with Gasteiger partial charge in [0.25, 0.3) is 0 Å². The fourth-order valence-electron chi connectivity index (χ4n) is 8.29. The van der Waals surface area contributed by atoms with E-state index in [1.54, 1.807) is 0 Å². The number of hydrogen-bond acceptors (Lipinski definition) is 5. The standard InChI is InChI=1S/C35H57N3OS/c1-5-26-40-32-36-37-35(29-16-12-8-6-9-13-17-29,30-20-18-28(19-21-30)33(2,3)4)38(32)27-31-34(24-25-39-31)22-14-10-7-11-15-23-34/h5,18-21,29,31-32,36-37H,1,6-17,22-27H2,2-4H3. The van der Waals surface area contributed by atoms with E-state index in [-0.39, 0.29) is 16.6 Å². The van der Waals surface area contributed by atoms with Gasteiger partial charge >= 0.3 is 0 Å². The van der Waals surface area contributed by atoms with Gasteiger partial charge in [-0.2, -0.15) is 0 Å². The lowest BCUT2D eigenvalue weighted by Gasteiger charge is -2.48. The van der Waals surface area contributed by atoms with Gasteiger partial charge in [0.1, 0.15) is 11.2 Å². The van der Waals surface area contributed by atoms with Crippen LogP contribution in [0, 0.1) is 11.3 Å². The third kappa shape index (κ3) is 6.54. The zero-order chi connectivity index (χ0) is 28.1. The molecule has 2 saturated heterocycles. The van der Waals surface area contributed by atoms with E-state index in [1.165, 1.54) is 107 Å². The fraction of sp³-hybridized carbons (Fsp3) is 0.771.